The minimum absolute atomic E-state index is 0.329. The van der Waals surface area contributed by atoms with E-state index in [2.05, 4.69) is 4.74 Å². The van der Waals surface area contributed by atoms with Crippen LogP contribution < -0.4 is 5.73 Å². The molecule has 0 aliphatic rings. The molecule has 0 aliphatic carbocycles. The number of benzene rings is 1. The molecule has 2 N–H and O–H groups in total. The van der Waals surface area contributed by atoms with E-state index in [-0.39, 0.29) is 0 Å². The highest BCUT2D eigenvalue weighted by Crippen LogP contribution is 2.05. The lowest BCUT2D eigenvalue weighted by Gasteiger charge is -2.15. The van der Waals surface area contributed by atoms with Crippen molar-refractivity contribution in [1.82, 2.24) is 0 Å². The van der Waals surface area contributed by atoms with Gasteiger partial charge >= 0.3 is 11.9 Å². The van der Waals surface area contributed by atoms with E-state index in [1.165, 1.54) is 13.8 Å². The van der Waals surface area contributed by atoms with Gasteiger partial charge in [-0.05, 0) is 26.0 Å². The minimum Gasteiger partial charge on any atom is -0.388 e. The van der Waals surface area contributed by atoms with Crippen molar-refractivity contribution in [1.29, 1.82) is 0 Å². The van der Waals surface area contributed by atoms with Gasteiger partial charge in [0.25, 0.3) is 0 Å². The molecule has 1 aromatic rings. The first kappa shape index (κ1) is 11.4. The van der Waals surface area contributed by atoms with Gasteiger partial charge in [0, 0.05) is 0 Å². The summed E-state index contributed by atoms with van der Waals surface area (Å²) in [6.45, 7) is 2.96. The second-order valence-electron chi connectivity index (χ2n) is 3.76. The molecule has 0 heterocycles. The first-order chi connectivity index (χ1) is 6.91. The third kappa shape index (κ3) is 3.18. The summed E-state index contributed by atoms with van der Waals surface area (Å²) in [6, 6.07) is 8.28. The van der Waals surface area contributed by atoms with Crippen molar-refractivity contribution >= 4 is 11.9 Å². The molecule has 4 heteroatoms. The van der Waals surface area contributed by atoms with Crippen molar-refractivity contribution in [2.24, 2.45) is 5.73 Å². The second-order valence-corrected chi connectivity index (χ2v) is 3.76. The SMILES string of the molecule is CC(C)(N)C(=O)OC(=O)c1ccccc1. The predicted molar refractivity (Wildman–Crippen MR) is 55.1 cm³/mol. The number of hydrogen-bond donors (Lipinski definition) is 1. The van der Waals surface area contributed by atoms with Crippen LogP contribution >= 0.6 is 0 Å². The lowest BCUT2D eigenvalue weighted by molar-refractivity contribution is -0.142. The molecular formula is C11H13NO3. The maximum atomic E-state index is 11.4. The van der Waals surface area contributed by atoms with Gasteiger partial charge in [-0.1, -0.05) is 18.2 Å². The van der Waals surface area contributed by atoms with E-state index in [1.807, 2.05) is 0 Å². The van der Waals surface area contributed by atoms with Crippen LogP contribution in [-0.2, 0) is 9.53 Å². The number of carbonyl (C=O) groups excluding carboxylic acids is 2. The summed E-state index contributed by atoms with van der Waals surface area (Å²) in [4.78, 5) is 22.7. The van der Waals surface area contributed by atoms with Crippen LogP contribution in [0, 0.1) is 0 Å². The lowest BCUT2D eigenvalue weighted by Crippen LogP contribution is -2.43. The second kappa shape index (κ2) is 4.23. The highest BCUT2D eigenvalue weighted by Gasteiger charge is 2.26. The van der Waals surface area contributed by atoms with Crippen LogP contribution in [0.2, 0.25) is 0 Å². The molecule has 0 amide bonds. The van der Waals surface area contributed by atoms with Gasteiger partial charge in [-0.25, -0.2) is 9.59 Å². The van der Waals surface area contributed by atoms with Gasteiger partial charge in [0.15, 0.2) is 0 Å². The quantitative estimate of drug-likeness (QED) is 0.582. The number of esters is 2. The molecule has 4 nitrogen and oxygen atoms in total. The number of hydrogen-bond acceptors (Lipinski definition) is 4. The molecule has 0 aromatic heterocycles. The molecule has 1 aromatic carbocycles. The number of rotatable bonds is 2. The Morgan fingerprint density at radius 2 is 1.73 bits per heavy atom. The van der Waals surface area contributed by atoms with Crippen LogP contribution in [0.5, 0.6) is 0 Å². The van der Waals surface area contributed by atoms with Crippen molar-refractivity contribution in [3.05, 3.63) is 35.9 Å². The minimum atomic E-state index is -1.16. The summed E-state index contributed by atoms with van der Waals surface area (Å²) in [5.74, 6) is -1.42. The molecule has 0 unspecified atom stereocenters. The van der Waals surface area contributed by atoms with E-state index in [9.17, 15) is 9.59 Å². The summed E-state index contributed by atoms with van der Waals surface area (Å²) >= 11 is 0. The molecular weight excluding hydrogens is 194 g/mol. The van der Waals surface area contributed by atoms with Gasteiger partial charge in [0.2, 0.25) is 0 Å². The Bertz CT molecular complexity index is 365. The number of nitrogens with two attached hydrogens (primary N) is 1. The molecule has 80 valence electrons. The van der Waals surface area contributed by atoms with Gasteiger partial charge in [-0.3, -0.25) is 0 Å². The summed E-state index contributed by atoms with van der Waals surface area (Å²) < 4.78 is 4.60. The highest BCUT2D eigenvalue weighted by molar-refractivity contribution is 5.98. The van der Waals surface area contributed by atoms with Crippen LogP contribution in [-0.4, -0.2) is 17.5 Å². The zero-order valence-corrected chi connectivity index (χ0v) is 8.69. The van der Waals surface area contributed by atoms with E-state index in [0.29, 0.717) is 5.56 Å². The standard InChI is InChI=1S/C11H13NO3/c1-11(2,12)10(14)15-9(13)8-6-4-3-5-7-8/h3-7H,12H2,1-2H3. The van der Waals surface area contributed by atoms with E-state index in [1.54, 1.807) is 30.3 Å². The van der Waals surface area contributed by atoms with Crippen LogP contribution in [0.4, 0.5) is 0 Å². The molecule has 0 radical (unpaired) electrons. The van der Waals surface area contributed by atoms with Crippen molar-refractivity contribution in [2.75, 3.05) is 0 Å². The molecule has 0 fully saturated rings. The summed E-state index contributed by atoms with van der Waals surface area (Å²) in [5, 5.41) is 0. The normalized spacial score (nSPS) is 10.9. The largest absolute Gasteiger partial charge is 0.388 e. The number of carbonyl (C=O) groups is 2. The van der Waals surface area contributed by atoms with E-state index in [4.69, 9.17) is 5.73 Å². The molecule has 0 bridgehead atoms. The Morgan fingerprint density at radius 3 is 2.20 bits per heavy atom. The third-order valence-corrected chi connectivity index (χ3v) is 1.72. The Hall–Kier alpha value is -1.68. The van der Waals surface area contributed by atoms with E-state index >= 15 is 0 Å². The average Bonchev–Trinajstić information content (AvgIpc) is 2.17. The Labute approximate surface area is 88.0 Å². The Balaban J connectivity index is 2.70. The lowest BCUT2D eigenvalue weighted by atomic mass is 10.1. The Kier molecular flexibility index (Phi) is 3.21. The van der Waals surface area contributed by atoms with Gasteiger partial charge in [0.1, 0.15) is 5.54 Å². The van der Waals surface area contributed by atoms with Crippen LogP contribution in [0.15, 0.2) is 30.3 Å². The zero-order chi connectivity index (χ0) is 11.5. The fourth-order valence-corrected chi connectivity index (χ4v) is 0.849. The predicted octanol–water partition coefficient (Wildman–Crippen LogP) is 1.11. The highest BCUT2D eigenvalue weighted by atomic mass is 16.6. The molecule has 0 aliphatic heterocycles. The van der Waals surface area contributed by atoms with Crippen molar-refractivity contribution in [3.8, 4) is 0 Å². The topological polar surface area (TPSA) is 69.4 Å². The fourth-order valence-electron chi connectivity index (χ4n) is 0.849. The Morgan fingerprint density at radius 1 is 1.20 bits per heavy atom. The zero-order valence-electron chi connectivity index (χ0n) is 8.69. The monoisotopic (exact) mass is 207 g/mol. The van der Waals surface area contributed by atoms with Crippen LogP contribution in [0.3, 0.4) is 0 Å². The van der Waals surface area contributed by atoms with Gasteiger partial charge < -0.3 is 10.5 Å². The van der Waals surface area contributed by atoms with Crippen LogP contribution in [0.1, 0.15) is 24.2 Å². The summed E-state index contributed by atoms with van der Waals surface area (Å²) in [6.07, 6.45) is 0. The molecule has 0 saturated carbocycles. The molecule has 1 rings (SSSR count). The smallest absolute Gasteiger partial charge is 0.345 e. The maximum absolute atomic E-state index is 11.4. The average molecular weight is 207 g/mol. The third-order valence-electron chi connectivity index (χ3n) is 1.72. The van der Waals surface area contributed by atoms with Gasteiger partial charge in [-0.15, -0.1) is 0 Å². The maximum Gasteiger partial charge on any atom is 0.345 e. The van der Waals surface area contributed by atoms with E-state index < -0.39 is 17.5 Å². The van der Waals surface area contributed by atoms with Crippen LogP contribution in [0.25, 0.3) is 0 Å². The molecule has 0 saturated heterocycles. The summed E-state index contributed by atoms with van der Waals surface area (Å²) in [5.41, 5.74) is 4.65. The van der Waals surface area contributed by atoms with E-state index in [0.717, 1.165) is 0 Å². The first-order valence-corrected chi connectivity index (χ1v) is 4.52. The molecule has 0 atom stereocenters. The first-order valence-electron chi connectivity index (χ1n) is 4.52. The summed E-state index contributed by atoms with van der Waals surface area (Å²) in [7, 11) is 0. The number of ether oxygens (including phenoxy) is 1. The fraction of sp³-hybridized carbons (Fsp3) is 0.273. The van der Waals surface area contributed by atoms with Gasteiger partial charge in [0.05, 0.1) is 5.56 Å². The van der Waals surface area contributed by atoms with Crippen molar-refractivity contribution in [3.63, 3.8) is 0 Å². The van der Waals surface area contributed by atoms with Gasteiger partial charge in [-0.2, -0.15) is 0 Å². The van der Waals surface area contributed by atoms with Crippen molar-refractivity contribution in [2.45, 2.75) is 19.4 Å². The molecule has 0 spiro atoms. The van der Waals surface area contributed by atoms with Crippen molar-refractivity contribution < 1.29 is 14.3 Å². The molecule has 15 heavy (non-hydrogen) atoms.